The van der Waals surface area contributed by atoms with Gasteiger partial charge in [-0.1, -0.05) is 0 Å². The van der Waals surface area contributed by atoms with Gasteiger partial charge in [-0.15, -0.1) is 0 Å². The Bertz CT molecular complexity index is 1310. The van der Waals surface area contributed by atoms with Crippen LogP contribution in [0.5, 0.6) is 0 Å². The summed E-state index contributed by atoms with van der Waals surface area (Å²) in [7, 11) is 0. The van der Waals surface area contributed by atoms with Crippen LogP contribution in [0.15, 0.2) is 41.5 Å². The summed E-state index contributed by atoms with van der Waals surface area (Å²) in [6.07, 6.45) is -2.34. The van der Waals surface area contributed by atoms with Crippen LogP contribution >= 0.6 is 0 Å². The van der Waals surface area contributed by atoms with E-state index in [-0.39, 0.29) is 22.8 Å². The Morgan fingerprint density at radius 1 is 1.21 bits per heavy atom. The van der Waals surface area contributed by atoms with E-state index in [1.807, 2.05) is 0 Å². The van der Waals surface area contributed by atoms with E-state index in [1.165, 1.54) is 30.6 Å². The number of aromatic nitrogens is 2. The molecule has 2 aromatic heterocycles. The van der Waals surface area contributed by atoms with Crippen LogP contribution in [-0.2, 0) is 4.79 Å². The monoisotopic (exact) mass is 463 g/mol. The first-order chi connectivity index (χ1) is 15.5. The fourth-order valence-electron chi connectivity index (χ4n) is 3.49. The number of carbonyl (C=O) groups excluding carboxylic acids is 1. The van der Waals surface area contributed by atoms with E-state index in [0.717, 1.165) is 18.9 Å². The lowest BCUT2D eigenvalue weighted by atomic mass is 10.0. The Hall–Kier alpha value is -3.76. The quantitative estimate of drug-likeness (QED) is 0.524. The van der Waals surface area contributed by atoms with E-state index >= 15 is 0 Å². The van der Waals surface area contributed by atoms with Crippen molar-refractivity contribution in [2.45, 2.75) is 37.9 Å². The van der Waals surface area contributed by atoms with Crippen molar-refractivity contribution in [3.63, 3.8) is 0 Å². The minimum Gasteiger partial charge on any atom is -0.477 e. The molecule has 0 radical (unpaired) electrons. The zero-order chi connectivity index (χ0) is 23.9. The van der Waals surface area contributed by atoms with Gasteiger partial charge in [0.2, 0.25) is 11.3 Å². The molecule has 0 atom stereocenters. The van der Waals surface area contributed by atoms with Crippen molar-refractivity contribution < 1.29 is 32.3 Å². The van der Waals surface area contributed by atoms with E-state index < -0.39 is 47.7 Å². The Morgan fingerprint density at radius 3 is 2.52 bits per heavy atom. The van der Waals surface area contributed by atoms with E-state index in [2.05, 4.69) is 10.3 Å². The van der Waals surface area contributed by atoms with Crippen LogP contribution in [0.1, 0.15) is 42.1 Å². The molecule has 3 aromatic rings. The zero-order valence-electron chi connectivity index (χ0n) is 16.9. The summed E-state index contributed by atoms with van der Waals surface area (Å²) in [6.45, 7) is 0. The van der Waals surface area contributed by atoms with Gasteiger partial charge in [-0.3, -0.25) is 9.59 Å². The van der Waals surface area contributed by atoms with E-state index in [9.17, 15) is 37.1 Å². The standard InChI is InChI=1S/C22H17F4N3O4/c23-16-7-14-17(29(12-2-3-12)10-15(20(14)31)21(32)33)8-13(16)11-1-4-18(27-9-11)28-19(30)5-6-22(24,25)26/h1,4,7-10,12H,2-3,5-6H2,(H,32,33)(H,27,28,30). The molecule has 2 heterocycles. The number of aromatic carboxylic acids is 1. The second-order valence-corrected chi connectivity index (χ2v) is 7.76. The molecule has 1 aliphatic rings. The molecular weight excluding hydrogens is 446 g/mol. The number of nitrogens with zero attached hydrogens (tertiary/aromatic N) is 2. The number of alkyl halides is 3. The number of hydrogen-bond acceptors (Lipinski definition) is 4. The third kappa shape index (κ3) is 4.86. The minimum atomic E-state index is -4.45. The molecule has 7 nitrogen and oxygen atoms in total. The number of anilines is 1. The first-order valence-electron chi connectivity index (χ1n) is 9.98. The summed E-state index contributed by atoms with van der Waals surface area (Å²) >= 11 is 0. The molecule has 1 amide bonds. The van der Waals surface area contributed by atoms with Gasteiger partial charge >= 0.3 is 12.1 Å². The largest absolute Gasteiger partial charge is 0.477 e. The maximum atomic E-state index is 14.9. The Kier molecular flexibility index (Phi) is 5.64. The van der Waals surface area contributed by atoms with E-state index in [4.69, 9.17) is 0 Å². The van der Waals surface area contributed by atoms with Gasteiger partial charge in [0.15, 0.2) is 0 Å². The average Bonchev–Trinajstić information content (AvgIpc) is 3.58. The van der Waals surface area contributed by atoms with Gasteiger partial charge in [-0.25, -0.2) is 14.2 Å². The second-order valence-electron chi connectivity index (χ2n) is 7.76. The lowest BCUT2D eigenvalue weighted by Gasteiger charge is -2.14. The highest BCUT2D eigenvalue weighted by atomic mass is 19.4. The number of rotatable bonds is 6. The van der Waals surface area contributed by atoms with Crippen LogP contribution in [0.25, 0.3) is 22.0 Å². The Labute approximate surface area is 183 Å². The van der Waals surface area contributed by atoms with Crippen LogP contribution in [0, 0.1) is 5.82 Å². The number of pyridine rings is 2. The van der Waals surface area contributed by atoms with Crippen LogP contribution in [0.2, 0.25) is 0 Å². The molecule has 0 spiro atoms. The van der Waals surface area contributed by atoms with Crippen molar-refractivity contribution in [1.29, 1.82) is 0 Å². The highest BCUT2D eigenvalue weighted by Crippen LogP contribution is 2.38. The maximum Gasteiger partial charge on any atom is 0.389 e. The zero-order valence-corrected chi connectivity index (χ0v) is 16.9. The molecule has 0 saturated heterocycles. The predicted molar refractivity (Wildman–Crippen MR) is 111 cm³/mol. The molecule has 4 rings (SSSR count). The van der Waals surface area contributed by atoms with Crippen molar-refractivity contribution in [3.8, 4) is 11.1 Å². The fraction of sp³-hybridized carbons (Fsp3) is 0.273. The van der Waals surface area contributed by atoms with Crippen molar-refractivity contribution >= 4 is 28.6 Å². The molecule has 11 heteroatoms. The average molecular weight is 463 g/mol. The van der Waals surface area contributed by atoms with Crippen molar-refractivity contribution in [2.75, 3.05) is 5.32 Å². The maximum absolute atomic E-state index is 14.9. The molecule has 1 fully saturated rings. The number of carboxylic acids is 1. The van der Waals surface area contributed by atoms with Gasteiger partial charge < -0.3 is 15.0 Å². The number of fused-ring (bicyclic) bond motifs is 1. The first-order valence-corrected chi connectivity index (χ1v) is 9.98. The van der Waals surface area contributed by atoms with Crippen LogP contribution < -0.4 is 10.7 Å². The first kappa shape index (κ1) is 22.4. The molecule has 33 heavy (non-hydrogen) atoms. The van der Waals surface area contributed by atoms with E-state index in [0.29, 0.717) is 11.1 Å². The molecule has 0 unspecified atom stereocenters. The van der Waals surface area contributed by atoms with Gasteiger partial charge in [0.1, 0.15) is 17.2 Å². The van der Waals surface area contributed by atoms with Gasteiger partial charge in [0.05, 0.1) is 11.9 Å². The number of carboxylic acid groups (broad SMARTS) is 1. The number of amides is 1. The summed E-state index contributed by atoms with van der Waals surface area (Å²) in [5, 5.41) is 11.5. The third-order valence-electron chi connectivity index (χ3n) is 5.27. The molecule has 0 aliphatic heterocycles. The molecule has 0 bridgehead atoms. The highest BCUT2D eigenvalue weighted by Gasteiger charge is 2.28. The number of benzene rings is 1. The van der Waals surface area contributed by atoms with Gasteiger partial charge in [0.25, 0.3) is 0 Å². The molecule has 1 aromatic carbocycles. The summed E-state index contributed by atoms with van der Waals surface area (Å²) in [4.78, 5) is 39.6. The number of nitrogens with one attached hydrogen (secondary N) is 1. The summed E-state index contributed by atoms with van der Waals surface area (Å²) in [6, 6.07) is 5.20. The molecule has 1 saturated carbocycles. The lowest BCUT2D eigenvalue weighted by Crippen LogP contribution is -2.19. The third-order valence-corrected chi connectivity index (χ3v) is 5.27. The molecule has 2 N–H and O–H groups in total. The minimum absolute atomic E-state index is 0.00751. The number of carbonyl (C=O) groups is 2. The number of halogens is 4. The summed E-state index contributed by atoms with van der Waals surface area (Å²) in [5.74, 6) is -3.01. The normalized spacial score (nSPS) is 13.8. The van der Waals surface area contributed by atoms with Crippen molar-refractivity contribution in [3.05, 3.63) is 58.3 Å². The Morgan fingerprint density at radius 2 is 1.94 bits per heavy atom. The van der Waals surface area contributed by atoms with Crippen molar-refractivity contribution in [1.82, 2.24) is 9.55 Å². The topological polar surface area (TPSA) is 101 Å². The highest BCUT2D eigenvalue weighted by molar-refractivity contribution is 5.94. The Balaban J connectivity index is 1.66. The number of hydrogen-bond donors (Lipinski definition) is 2. The molecule has 172 valence electrons. The summed E-state index contributed by atoms with van der Waals surface area (Å²) in [5.41, 5.74) is -0.432. The molecule has 1 aliphatic carbocycles. The van der Waals surface area contributed by atoms with Gasteiger partial charge in [-0.05, 0) is 37.1 Å². The fourth-order valence-corrected chi connectivity index (χ4v) is 3.49. The van der Waals surface area contributed by atoms with Gasteiger partial charge in [0, 0.05) is 41.4 Å². The SMILES string of the molecule is O=C(CCC(F)(F)F)Nc1ccc(-c2cc3c(cc2F)c(=O)c(C(=O)O)cn3C2CC2)cn1. The lowest BCUT2D eigenvalue weighted by molar-refractivity contribution is -0.142. The summed E-state index contributed by atoms with van der Waals surface area (Å²) < 4.78 is 53.2. The van der Waals surface area contributed by atoms with Crippen molar-refractivity contribution in [2.24, 2.45) is 0 Å². The van der Waals surface area contributed by atoms with E-state index in [1.54, 1.807) is 4.57 Å². The van der Waals surface area contributed by atoms with Crippen LogP contribution in [0.3, 0.4) is 0 Å². The second kappa shape index (κ2) is 8.30. The molecular formula is C22H17F4N3O4. The smallest absolute Gasteiger partial charge is 0.389 e. The van der Waals surface area contributed by atoms with Crippen LogP contribution in [-0.4, -0.2) is 32.7 Å². The predicted octanol–water partition coefficient (Wildman–Crippen LogP) is 4.52. The van der Waals surface area contributed by atoms with Crippen LogP contribution in [0.4, 0.5) is 23.4 Å². The van der Waals surface area contributed by atoms with Gasteiger partial charge in [-0.2, -0.15) is 13.2 Å².